The van der Waals surface area contributed by atoms with Crippen molar-refractivity contribution in [1.29, 1.82) is 0 Å². The Kier molecular flexibility index (Phi) is 4.29. The zero-order valence-corrected chi connectivity index (χ0v) is 9.82. The average Bonchev–Trinajstić information content (AvgIpc) is 2.97. The van der Waals surface area contributed by atoms with Crippen LogP contribution in [0.4, 0.5) is 0 Å². The second-order valence-corrected chi connectivity index (χ2v) is 4.05. The second-order valence-electron chi connectivity index (χ2n) is 4.05. The van der Waals surface area contributed by atoms with Gasteiger partial charge in [0.15, 0.2) is 6.23 Å². The van der Waals surface area contributed by atoms with Crippen molar-refractivity contribution < 1.29 is 14.3 Å². The van der Waals surface area contributed by atoms with Gasteiger partial charge in [-0.2, -0.15) is 0 Å². The van der Waals surface area contributed by atoms with E-state index in [0.717, 1.165) is 13.0 Å². The zero-order chi connectivity index (χ0) is 11.4. The molecule has 2 atom stereocenters. The van der Waals surface area contributed by atoms with Gasteiger partial charge in [-0.1, -0.05) is 6.08 Å². The van der Waals surface area contributed by atoms with Gasteiger partial charge in [0, 0.05) is 5.57 Å². The summed E-state index contributed by atoms with van der Waals surface area (Å²) in [6, 6.07) is 0. The predicted molar refractivity (Wildman–Crippen MR) is 57.4 cm³/mol. The third kappa shape index (κ3) is 4.44. The van der Waals surface area contributed by atoms with Gasteiger partial charge >= 0.3 is 5.97 Å². The van der Waals surface area contributed by atoms with Crippen LogP contribution in [-0.4, -0.2) is 43.9 Å². The first kappa shape index (κ1) is 12.2. The monoisotopic (exact) mass is 213 g/mol. The highest BCUT2D eigenvalue weighted by Gasteiger charge is 2.21. The minimum Gasteiger partial charge on any atom is -0.443 e. The summed E-state index contributed by atoms with van der Waals surface area (Å²) in [5, 5.41) is 0. The zero-order valence-electron chi connectivity index (χ0n) is 9.82. The Labute approximate surface area is 90.8 Å². The Morgan fingerprint density at radius 3 is 2.73 bits per heavy atom. The van der Waals surface area contributed by atoms with Crippen LogP contribution in [0.1, 0.15) is 20.3 Å². The van der Waals surface area contributed by atoms with Crippen molar-refractivity contribution in [2.24, 2.45) is 0 Å². The molecular formula is C11H19NO3. The molecule has 2 unspecified atom stereocenters. The van der Waals surface area contributed by atoms with Gasteiger partial charge in [0.2, 0.25) is 0 Å². The molecular weight excluding hydrogens is 194 g/mol. The predicted octanol–water partition coefficient (Wildman–Crippen LogP) is 1.17. The first-order valence-corrected chi connectivity index (χ1v) is 5.16. The molecule has 1 fully saturated rings. The van der Waals surface area contributed by atoms with Gasteiger partial charge in [-0.05, 0) is 34.4 Å². The molecule has 86 valence electrons. The van der Waals surface area contributed by atoms with Gasteiger partial charge in [0.1, 0.15) is 0 Å². The number of carbonyl (C=O) groups is 1. The van der Waals surface area contributed by atoms with Crippen LogP contribution in [0.3, 0.4) is 0 Å². The lowest BCUT2D eigenvalue weighted by Gasteiger charge is -2.19. The molecule has 0 amide bonds. The molecule has 15 heavy (non-hydrogen) atoms. The summed E-state index contributed by atoms with van der Waals surface area (Å²) in [7, 11) is 3.74. The lowest BCUT2D eigenvalue weighted by Crippen LogP contribution is -2.30. The maximum absolute atomic E-state index is 11.5. The summed E-state index contributed by atoms with van der Waals surface area (Å²) in [6.45, 7) is 4.43. The smallest absolute Gasteiger partial charge is 0.334 e. The van der Waals surface area contributed by atoms with Crippen molar-refractivity contribution in [2.75, 3.05) is 20.7 Å². The summed E-state index contributed by atoms with van der Waals surface area (Å²) in [4.78, 5) is 13.4. The molecule has 1 aliphatic heterocycles. The van der Waals surface area contributed by atoms with E-state index in [4.69, 9.17) is 9.47 Å². The fraction of sp³-hybridized carbons (Fsp3) is 0.727. The molecule has 1 heterocycles. The van der Waals surface area contributed by atoms with Gasteiger partial charge in [-0.3, -0.25) is 4.90 Å². The molecule has 1 aliphatic rings. The van der Waals surface area contributed by atoms with Crippen molar-refractivity contribution in [2.45, 2.75) is 32.6 Å². The second kappa shape index (κ2) is 5.28. The normalized spacial score (nSPS) is 22.7. The molecule has 0 aromatic heterocycles. The summed E-state index contributed by atoms with van der Waals surface area (Å²) in [5.41, 5.74) is 0.652. The maximum atomic E-state index is 11.5. The van der Waals surface area contributed by atoms with Crippen LogP contribution in [0, 0.1) is 0 Å². The number of hydrogen-bond donors (Lipinski definition) is 0. The molecule has 0 aliphatic carbocycles. The lowest BCUT2D eigenvalue weighted by atomic mass is 10.2. The summed E-state index contributed by atoms with van der Waals surface area (Å²) >= 11 is 0. The van der Waals surface area contributed by atoms with Crippen molar-refractivity contribution in [3.8, 4) is 0 Å². The quantitative estimate of drug-likeness (QED) is 0.297. The van der Waals surface area contributed by atoms with Crippen molar-refractivity contribution >= 4 is 5.97 Å². The van der Waals surface area contributed by atoms with Crippen LogP contribution in [-0.2, 0) is 14.3 Å². The fourth-order valence-electron chi connectivity index (χ4n) is 0.949. The molecule has 0 aromatic rings. The molecule has 0 N–H and O–H groups in total. The maximum Gasteiger partial charge on any atom is 0.334 e. The third-order valence-electron chi connectivity index (χ3n) is 2.42. The van der Waals surface area contributed by atoms with Crippen LogP contribution in [0.2, 0.25) is 0 Å². The minimum absolute atomic E-state index is 0.196. The van der Waals surface area contributed by atoms with Crippen molar-refractivity contribution in [3.05, 3.63) is 11.6 Å². The topological polar surface area (TPSA) is 42.1 Å². The molecule has 4 nitrogen and oxygen atoms in total. The Morgan fingerprint density at radius 1 is 1.67 bits per heavy atom. The Hall–Kier alpha value is -0.870. The first-order valence-electron chi connectivity index (χ1n) is 5.16. The highest BCUT2D eigenvalue weighted by molar-refractivity contribution is 5.87. The van der Waals surface area contributed by atoms with E-state index >= 15 is 0 Å². The molecule has 4 heteroatoms. The summed E-state index contributed by atoms with van der Waals surface area (Å²) in [6.07, 6.45) is 2.80. The van der Waals surface area contributed by atoms with E-state index in [-0.39, 0.29) is 12.2 Å². The van der Waals surface area contributed by atoms with Gasteiger partial charge in [0.05, 0.1) is 12.7 Å². The molecule has 0 saturated carbocycles. The fourth-order valence-corrected chi connectivity index (χ4v) is 0.949. The van der Waals surface area contributed by atoms with Gasteiger partial charge in [0.25, 0.3) is 0 Å². The van der Waals surface area contributed by atoms with Crippen LogP contribution in [0.5, 0.6) is 0 Å². The van der Waals surface area contributed by atoms with Crippen LogP contribution < -0.4 is 0 Å². The van der Waals surface area contributed by atoms with Gasteiger partial charge in [-0.15, -0.1) is 0 Å². The standard InChI is InChI=1S/C11H19NO3/c1-8(5-6-10-7-14-10)11(13)15-9(2)12(3)4/h5,9-10H,6-7H2,1-4H3. The molecule has 0 bridgehead atoms. The molecule has 1 saturated heterocycles. The Bertz CT molecular complexity index is 257. The number of esters is 1. The van der Waals surface area contributed by atoms with Crippen molar-refractivity contribution in [3.63, 3.8) is 0 Å². The average molecular weight is 213 g/mol. The first-order chi connectivity index (χ1) is 7.00. The SMILES string of the molecule is CC(=CCC1CO1)C(=O)OC(C)N(C)C. The van der Waals surface area contributed by atoms with Crippen LogP contribution >= 0.6 is 0 Å². The van der Waals surface area contributed by atoms with Crippen molar-refractivity contribution in [1.82, 2.24) is 4.90 Å². The Morgan fingerprint density at radius 2 is 2.27 bits per heavy atom. The largest absolute Gasteiger partial charge is 0.443 e. The minimum atomic E-state index is -0.253. The number of carbonyl (C=O) groups excluding carboxylic acids is 1. The van der Waals surface area contributed by atoms with E-state index in [1.165, 1.54) is 0 Å². The van der Waals surface area contributed by atoms with E-state index in [1.807, 2.05) is 32.0 Å². The van der Waals surface area contributed by atoms with Gasteiger partial charge in [-0.25, -0.2) is 4.79 Å². The number of hydrogen-bond acceptors (Lipinski definition) is 4. The lowest BCUT2D eigenvalue weighted by molar-refractivity contribution is -0.150. The number of epoxide rings is 1. The van der Waals surface area contributed by atoms with E-state index in [0.29, 0.717) is 11.7 Å². The number of ether oxygens (including phenoxy) is 2. The van der Waals surface area contributed by atoms with Gasteiger partial charge < -0.3 is 9.47 Å². The van der Waals surface area contributed by atoms with Crippen LogP contribution in [0.25, 0.3) is 0 Å². The van der Waals surface area contributed by atoms with Crippen LogP contribution in [0.15, 0.2) is 11.6 Å². The Balaban J connectivity index is 2.33. The molecule has 1 rings (SSSR count). The molecule has 0 spiro atoms. The molecule has 0 aromatic carbocycles. The highest BCUT2D eigenvalue weighted by atomic mass is 16.6. The van der Waals surface area contributed by atoms with E-state index in [1.54, 1.807) is 6.92 Å². The summed E-state index contributed by atoms with van der Waals surface area (Å²) < 4.78 is 10.3. The number of rotatable bonds is 5. The van der Waals surface area contributed by atoms with E-state index in [9.17, 15) is 4.79 Å². The third-order valence-corrected chi connectivity index (χ3v) is 2.42. The number of nitrogens with zero attached hydrogens (tertiary/aromatic N) is 1. The van der Waals surface area contributed by atoms with E-state index < -0.39 is 0 Å². The summed E-state index contributed by atoms with van der Waals surface area (Å²) in [5.74, 6) is -0.253. The molecule has 0 radical (unpaired) electrons. The van der Waals surface area contributed by atoms with E-state index in [2.05, 4.69) is 0 Å². The highest BCUT2D eigenvalue weighted by Crippen LogP contribution is 2.15.